The van der Waals surface area contributed by atoms with Crippen molar-refractivity contribution in [1.29, 1.82) is 0 Å². The van der Waals surface area contributed by atoms with Gasteiger partial charge in [-0.2, -0.15) is 0 Å². The van der Waals surface area contributed by atoms with Gasteiger partial charge >= 0.3 is 6.16 Å². The van der Waals surface area contributed by atoms with Crippen molar-refractivity contribution in [2.75, 3.05) is 7.11 Å². The highest BCUT2D eigenvalue weighted by Gasteiger charge is 2.33. The van der Waals surface area contributed by atoms with Gasteiger partial charge in [0.2, 0.25) is 0 Å². The van der Waals surface area contributed by atoms with Crippen LogP contribution in [0.3, 0.4) is 0 Å². The molecule has 1 saturated carbocycles. The molecule has 1 aromatic rings. The molecule has 1 fully saturated rings. The van der Waals surface area contributed by atoms with Crippen molar-refractivity contribution < 1.29 is 24.5 Å². The Bertz CT molecular complexity index is 600. The van der Waals surface area contributed by atoms with Crippen molar-refractivity contribution in [3.63, 3.8) is 0 Å². The summed E-state index contributed by atoms with van der Waals surface area (Å²) in [6, 6.07) is 4.36. The van der Waals surface area contributed by atoms with Gasteiger partial charge in [-0.15, -0.1) is 0 Å². The second kappa shape index (κ2) is 9.72. The van der Waals surface area contributed by atoms with E-state index >= 15 is 0 Å². The van der Waals surface area contributed by atoms with Crippen LogP contribution in [0.4, 0.5) is 4.79 Å². The maximum absolute atomic E-state index is 12.6. The summed E-state index contributed by atoms with van der Waals surface area (Å²) in [5.74, 6) is 0.383. The number of ether oxygens (including phenoxy) is 1. The lowest BCUT2D eigenvalue weighted by atomic mass is 9.71. The Balaban J connectivity index is 0.000000765. The number of carboxylic acid groups (broad SMARTS) is 2. The highest BCUT2D eigenvalue weighted by molar-refractivity contribution is 5.82. The van der Waals surface area contributed by atoms with Gasteiger partial charge in [-0.1, -0.05) is 24.6 Å². The molecule has 0 spiro atoms. The van der Waals surface area contributed by atoms with Gasteiger partial charge in [0.05, 0.1) is 6.10 Å². The van der Waals surface area contributed by atoms with Crippen LogP contribution in [0.15, 0.2) is 12.1 Å². The van der Waals surface area contributed by atoms with E-state index in [-0.39, 0.29) is 5.41 Å². The number of hydrogen-bond acceptors (Lipinski definition) is 3. The zero-order valence-electron chi connectivity index (χ0n) is 16.6. The zero-order valence-corrected chi connectivity index (χ0v) is 16.6. The first-order valence-corrected chi connectivity index (χ1v) is 9.09. The van der Waals surface area contributed by atoms with Gasteiger partial charge in [-0.25, -0.2) is 4.79 Å². The fourth-order valence-electron chi connectivity index (χ4n) is 3.93. The number of Topliss-reactive ketones (excluding diaryl/α,β-unsaturated/α-hetero) is 1. The standard InChI is InChI=1S/C20H30O2.CH2O3/c1-14-10-15(2)19(16(3)11-14)12-17(21)13-20(4)8-6-18(22-5)7-9-20;2-1(3)4/h10-11,18H,6-9,12-13H2,1-5H3;(H2,2,3,4). The quantitative estimate of drug-likeness (QED) is 0.774. The fraction of sp³-hybridized carbons (Fsp3) is 0.619. The van der Waals surface area contributed by atoms with Gasteiger partial charge in [0.1, 0.15) is 5.78 Å². The third kappa shape index (κ3) is 7.16. The smallest absolute Gasteiger partial charge is 0.450 e. The predicted molar refractivity (Wildman–Crippen MR) is 102 cm³/mol. The highest BCUT2D eigenvalue weighted by atomic mass is 16.6. The number of aryl methyl sites for hydroxylation is 3. The average molecular weight is 364 g/mol. The van der Waals surface area contributed by atoms with Crippen molar-refractivity contribution >= 4 is 11.9 Å². The zero-order chi connectivity index (χ0) is 19.9. The SMILES string of the molecule is COC1CCC(C)(CC(=O)Cc2c(C)cc(C)cc2C)CC1.O=C(O)O. The van der Waals surface area contributed by atoms with Gasteiger partial charge in [-0.3, -0.25) is 4.79 Å². The molecule has 0 atom stereocenters. The molecule has 0 saturated heterocycles. The first-order valence-electron chi connectivity index (χ1n) is 9.09. The Morgan fingerprint density at radius 2 is 1.58 bits per heavy atom. The maximum Gasteiger partial charge on any atom is 0.503 e. The first-order chi connectivity index (χ1) is 12.1. The van der Waals surface area contributed by atoms with Crippen LogP contribution in [-0.2, 0) is 16.0 Å². The number of rotatable bonds is 5. The molecule has 1 aromatic carbocycles. The predicted octanol–water partition coefficient (Wildman–Crippen LogP) is 4.93. The number of methoxy groups -OCH3 is 1. The Labute approximate surface area is 156 Å². The van der Waals surface area contributed by atoms with Crippen LogP contribution in [0, 0.1) is 26.2 Å². The van der Waals surface area contributed by atoms with Gasteiger partial charge in [0.15, 0.2) is 0 Å². The van der Waals surface area contributed by atoms with Gasteiger partial charge < -0.3 is 14.9 Å². The Morgan fingerprint density at radius 3 is 2.00 bits per heavy atom. The molecule has 0 radical (unpaired) electrons. The lowest BCUT2D eigenvalue weighted by molar-refractivity contribution is -0.121. The third-order valence-corrected chi connectivity index (χ3v) is 5.31. The van der Waals surface area contributed by atoms with Crippen LogP contribution < -0.4 is 0 Å². The van der Waals surface area contributed by atoms with Gasteiger partial charge in [0.25, 0.3) is 0 Å². The summed E-state index contributed by atoms with van der Waals surface area (Å²) in [5.41, 5.74) is 5.16. The van der Waals surface area contributed by atoms with Crippen molar-refractivity contribution in [1.82, 2.24) is 0 Å². The van der Waals surface area contributed by atoms with Crippen LogP contribution in [0.2, 0.25) is 0 Å². The van der Waals surface area contributed by atoms with Gasteiger partial charge in [0, 0.05) is 20.0 Å². The molecule has 0 unspecified atom stereocenters. The number of ketones is 1. The summed E-state index contributed by atoms with van der Waals surface area (Å²) in [6.07, 6.45) is 4.22. The van der Waals surface area contributed by atoms with Crippen molar-refractivity contribution in [2.24, 2.45) is 5.41 Å². The topological polar surface area (TPSA) is 83.8 Å². The van der Waals surface area contributed by atoms with Crippen LogP contribution in [0.25, 0.3) is 0 Å². The maximum atomic E-state index is 12.6. The second-order valence-corrected chi connectivity index (χ2v) is 7.80. The third-order valence-electron chi connectivity index (χ3n) is 5.31. The highest BCUT2D eigenvalue weighted by Crippen LogP contribution is 2.40. The molecular formula is C21H32O5. The fourth-order valence-corrected chi connectivity index (χ4v) is 3.93. The number of carbonyl (C=O) groups excluding carboxylic acids is 1. The Morgan fingerprint density at radius 1 is 1.12 bits per heavy atom. The molecule has 26 heavy (non-hydrogen) atoms. The molecule has 2 rings (SSSR count). The van der Waals surface area contributed by atoms with Crippen LogP contribution in [-0.4, -0.2) is 35.4 Å². The van der Waals surface area contributed by atoms with Crippen LogP contribution >= 0.6 is 0 Å². The van der Waals surface area contributed by atoms with Crippen LogP contribution in [0.5, 0.6) is 0 Å². The molecule has 0 aliphatic heterocycles. The van der Waals surface area contributed by atoms with Crippen LogP contribution in [0.1, 0.15) is 61.3 Å². The molecule has 146 valence electrons. The summed E-state index contributed by atoms with van der Waals surface area (Å²) >= 11 is 0. The van der Waals surface area contributed by atoms with E-state index in [0.717, 1.165) is 25.7 Å². The van der Waals surface area contributed by atoms with E-state index in [9.17, 15) is 4.79 Å². The number of benzene rings is 1. The molecular weight excluding hydrogens is 332 g/mol. The van der Waals surface area contributed by atoms with E-state index in [1.807, 2.05) is 0 Å². The molecule has 5 nitrogen and oxygen atoms in total. The monoisotopic (exact) mass is 364 g/mol. The normalized spacial score (nSPS) is 22.3. The molecule has 2 N–H and O–H groups in total. The number of carbonyl (C=O) groups is 2. The average Bonchev–Trinajstić information content (AvgIpc) is 2.51. The van der Waals surface area contributed by atoms with E-state index in [4.69, 9.17) is 19.7 Å². The molecule has 1 aliphatic carbocycles. The van der Waals surface area contributed by atoms with E-state index in [2.05, 4.69) is 39.8 Å². The molecule has 0 bridgehead atoms. The summed E-state index contributed by atoms with van der Waals surface area (Å²) in [6.45, 7) is 8.62. The molecule has 0 amide bonds. The summed E-state index contributed by atoms with van der Waals surface area (Å²) in [4.78, 5) is 21.2. The molecule has 5 heteroatoms. The lowest BCUT2D eigenvalue weighted by Gasteiger charge is -2.36. The molecule has 0 aromatic heterocycles. The van der Waals surface area contributed by atoms with Crippen molar-refractivity contribution in [3.05, 3.63) is 34.4 Å². The minimum absolute atomic E-state index is 0.165. The van der Waals surface area contributed by atoms with E-state index < -0.39 is 6.16 Å². The van der Waals surface area contributed by atoms with Gasteiger partial charge in [-0.05, 0) is 68.6 Å². The van der Waals surface area contributed by atoms with E-state index in [0.29, 0.717) is 24.7 Å². The number of hydrogen-bond donors (Lipinski definition) is 2. The Hall–Kier alpha value is -1.88. The van der Waals surface area contributed by atoms with Crippen molar-refractivity contribution in [2.45, 2.75) is 72.3 Å². The summed E-state index contributed by atoms with van der Waals surface area (Å²) in [5, 5.41) is 13.9. The second-order valence-electron chi connectivity index (χ2n) is 7.80. The Kier molecular flexibility index (Phi) is 8.28. The van der Waals surface area contributed by atoms with Crippen molar-refractivity contribution in [3.8, 4) is 0 Å². The molecule has 0 heterocycles. The minimum atomic E-state index is -1.83. The largest absolute Gasteiger partial charge is 0.503 e. The summed E-state index contributed by atoms with van der Waals surface area (Å²) < 4.78 is 5.44. The van der Waals surface area contributed by atoms with E-state index in [1.54, 1.807) is 7.11 Å². The first kappa shape index (κ1) is 22.2. The summed E-state index contributed by atoms with van der Waals surface area (Å²) in [7, 11) is 1.79. The lowest BCUT2D eigenvalue weighted by Crippen LogP contribution is -2.30. The molecule has 1 aliphatic rings. The van der Waals surface area contributed by atoms with E-state index in [1.165, 1.54) is 22.3 Å². The minimum Gasteiger partial charge on any atom is -0.450 e.